The van der Waals surface area contributed by atoms with Gasteiger partial charge in [-0.3, -0.25) is 0 Å². The highest BCUT2D eigenvalue weighted by Gasteiger charge is 2.24. The van der Waals surface area contributed by atoms with Gasteiger partial charge in [0.2, 0.25) is 0 Å². The first-order valence-corrected chi connectivity index (χ1v) is 10.1. The third-order valence-corrected chi connectivity index (χ3v) is 5.13. The molecule has 1 aliphatic heterocycles. The van der Waals surface area contributed by atoms with E-state index in [9.17, 15) is 8.42 Å². The van der Waals surface area contributed by atoms with Gasteiger partial charge in [-0.05, 0) is 17.5 Å². The van der Waals surface area contributed by atoms with Crippen LogP contribution in [-0.2, 0) is 25.7 Å². The molecular weight excluding hydrogens is 324 g/mol. The van der Waals surface area contributed by atoms with Crippen molar-refractivity contribution in [1.82, 2.24) is 0 Å². The molecule has 1 heterocycles. The van der Waals surface area contributed by atoms with Crippen molar-refractivity contribution in [2.75, 3.05) is 25.2 Å². The molecule has 0 amide bonds. The maximum Gasteiger partial charge on any atom is 0.183 e. The molecule has 3 rings (SSSR count). The number of sulfone groups is 1. The fourth-order valence-corrected chi connectivity index (χ4v) is 3.36. The summed E-state index contributed by atoms with van der Waals surface area (Å²) in [7, 11) is -2.93. The van der Waals surface area contributed by atoms with E-state index in [1.165, 1.54) is 11.8 Å². The van der Waals surface area contributed by atoms with E-state index in [1.807, 2.05) is 42.5 Å². The van der Waals surface area contributed by atoms with Crippen LogP contribution in [0.15, 0.2) is 54.6 Å². The smallest absolute Gasteiger partial charge is 0.183 e. The number of rotatable bonds is 5. The van der Waals surface area contributed by atoms with Gasteiger partial charge in [0.1, 0.15) is 9.84 Å². The molecule has 0 unspecified atom stereocenters. The number of aryl methyl sites for hydroxylation is 1. The van der Waals surface area contributed by atoms with Crippen LogP contribution >= 0.6 is 0 Å². The minimum Gasteiger partial charge on any atom is -0.348 e. The monoisotopic (exact) mass is 346 g/mol. The molecule has 24 heavy (non-hydrogen) atoms. The predicted molar refractivity (Wildman–Crippen MR) is 93.7 cm³/mol. The predicted octanol–water partition coefficient (Wildman–Crippen LogP) is 3.10. The van der Waals surface area contributed by atoms with Crippen LogP contribution in [0.2, 0.25) is 0 Å². The summed E-state index contributed by atoms with van der Waals surface area (Å²) in [5.41, 5.74) is 3.19. The average Bonchev–Trinajstić information content (AvgIpc) is 2.61. The summed E-state index contributed by atoms with van der Waals surface area (Å²) in [6, 6.07) is 18.0. The van der Waals surface area contributed by atoms with Crippen molar-refractivity contribution >= 4 is 9.84 Å². The Morgan fingerprint density at radius 1 is 0.917 bits per heavy atom. The van der Waals surface area contributed by atoms with E-state index in [-0.39, 0.29) is 18.0 Å². The molecule has 128 valence electrons. The van der Waals surface area contributed by atoms with Crippen molar-refractivity contribution in [3.63, 3.8) is 0 Å². The molecule has 0 spiro atoms. The van der Waals surface area contributed by atoms with Gasteiger partial charge >= 0.3 is 0 Å². The van der Waals surface area contributed by atoms with E-state index in [2.05, 4.69) is 12.1 Å². The summed E-state index contributed by atoms with van der Waals surface area (Å²) in [5.74, 6) is 0.429. The maximum absolute atomic E-state index is 11.2. The van der Waals surface area contributed by atoms with E-state index in [0.29, 0.717) is 19.6 Å². The Balaban J connectivity index is 1.56. The first kappa shape index (κ1) is 17.1. The first-order chi connectivity index (χ1) is 11.5. The summed E-state index contributed by atoms with van der Waals surface area (Å²) >= 11 is 0. The minimum atomic E-state index is -2.93. The molecule has 0 radical (unpaired) electrons. The third kappa shape index (κ3) is 4.66. The van der Waals surface area contributed by atoms with E-state index >= 15 is 0 Å². The normalized spacial score (nSPS) is 21.5. The average molecular weight is 346 g/mol. The van der Waals surface area contributed by atoms with Crippen LogP contribution in [0.5, 0.6) is 0 Å². The topological polar surface area (TPSA) is 52.6 Å². The van der Waals surface area contributed by atoms with E-state index < -0.39 is 9.84 Å². The molecule has 0 atom stereocenters. The van der Waals surface area contributed by atoms with Gasteiger partial charge < -0.3 is 9.47 Å². The molecule has 2 aromatic carbocycles. The van der Waals surface area contributed by atoms with Crippen LogP contribution in [0.25, 0.3) is 0 Å². The van der Waals surface area contributed by atoms with Crippen molar-refractivity contribution in [2.45, 2.75) is 18.6 Å². The zero-order valence-corrected chi connectivity index (χ0v) is 14.5. The molecule has 0 aliphatic carbocycles. The Kier molecular flexibility index (Phi) is 5.33. The summed E-state index contributed by atoms with van der Waals surface area (Å²) in [4.78, 5) is 0. The molecule has 1 saturated heterocycles. The standard InChI is InChI=1S/C19H22O4S/c1-24(20,21)12-11-15-7-9-17(10-8-15)19-22-13-18(14-23-19)16-5-3-2-4-6-16/h2-10,18-19H,11-14H2,1H3. The quantitative estimate of drug-likeness (QED) is 0.835. The Bertz CT molecular complexity index is 746. The van der Waals surface area contributed by atoms with Crippen molar-refractivity contribution in [3.8, 4) is 0 Å². The van der Waals surface area contributed by atoms with Crippen molar-refractivity contribution < 1.29 is 17.9 Å². The van der Waals surface area contributed by atoms with Crippen molar-refractivity contribution in [2.24, 2.45) is 0 Å². The lowest BCUT2D eigenvalue weighted by molar-refractivity contribution is -0.191. The molecule has 0 bridgehead atoms. The molecular formula is C19H22O4S. The van der Waals surface area contributed by atoms with Crippen LogP contribution in [0.1, 0.15) is 28.9 Å². The highest BCUT2D eigenvalue weighted by atomic mass is 32.2. The van der Waals surface area contributed by atoms with E-state index in [1.54, 1.807) is 0 Å². The Hall–Kier alpha value is -1.69. The van der Waals surface area contributed by atoms with Crippen LogP contribution < -0.4 is 0 Å². The van der Waals surface area contributed by atoms with Gasteiger partial charge in [-0.25, -0.2) is 8.42 Å². The van der Waals surface area contributed by atoms with Crippen molar-refractivity contribution in [3.05, 3.63) is 71.3 Å². The molecule has 0 saturated carbocycles. The fourth-order valence-electron chi connectivity index (χ4n) is 2.76. The number of benzene rings is 2. The second kappa shape index (κ2) is 7.47. The van der Waals surface area contributed by atoms with Gasteiger partial charge in [-0.15, -0.1) is 0 Å². The molecule has 4 nitrogen and oxygen atoms in total. The lowest BCUT2D eigenvalue weighted by Gasteiger charge is -2.30. The summed E-state index contributed by atoms with van der Waals surface area (Å²) < 4.78 is 34.2. The third-order valence-electron chi connectivity index (χ3n) is 4.18. The number of hydrogen-bond donors (Lipinski definition) is 0. The summed E-state index contributed by atoms with van der Waals surface area (Å²) in [6.07, 6.45) is 1.43. The second-order valence-corrected chi connectivity index (χ2v) is 8.49. The van der Waals surface area contributed by atoms with Crippen LogP contribution in [0.3, 0.4) is 0 Å². The van der Waals surface area contributed by atoms with E-state index in [0.717, 1.165) is 11.1 Å². The first-order valence-electron chi connectivity index (χ1n) is 8.06. The fraction of sp³-hybridized carbons (Fsp3) is 0.368. The zero-order valence-electron chi connectivity index (χ0n) is 13.7. The van der Waals surface area contributed by atoms with E-state index in [4.69, 9.17) is 9.47 Å². The largest absolute Gasteiger partial charge is 0.348 e. The van der Waals surface area contributed by atoms with Crippen LogP contribution in [0.4, 0.5) is 0 Å². The molecule has 5 heteroatoms. The SMILES string of the molecule is CS(=O)(=O)CCc1ccc(C2OCC(c3ccccc3)CO2)cc1. The zero-order chi connectivity index (χ0) is 17.0. The Labute approximate surface area is 143 Å². The Morgan fingerprint density at radius 3 is 2.12 bits per heavy atom. The summed E-state index contributed by atoms with van der Waals surface area (Å²) in [5, 5.41) is 0. The van der Waals surface area contributed by atoms with Gasteiger partial charge in [-0.1, -0.05) is 54.6 Å². The van der Waals surface area contributed by atoms with Crippen LogP contribution in [0, 0.1) is 0 Å². The number of hydrogen-bond acceptors (Lipinski definition) is 4. The molecule has 0 N–H and O–H groups in total. The lowest BCUT2D eigenvalue weighted by atomic mass is 10.00. The lowest BCUT2D eigenvalue weighted by Crippen LogP contribution is -2.25. The highest BCUT2D eigenvalue weighted by Crippen LogP contribution is 2.29. The molecule has 1 fully saturated rings. The molecule has 1 aliphatic rings. The van der Waals surface area contributed by atoms with Crippen LogP contribution in [-0.4, -0.2) is 33.6 Å². The van der Waals surface area contributed by atoms with Crippen molar-refractivity contribution in [1.29, 1.82) is 0 Å². The maximum atomic E-state index is 11.2. The van der Waals surface area contributed by atoms with Gasteiger partial charge in [-0.2, -0.15) is 0 Å². The molecule has 0 aromatic heterocycles. The van der Waals surface area contributed by atoms with Gasteiger partial charge in [0.05, 0.1) is 19.0 Å². The number of ether oxygens (including phenoxy) is 2. The Morgan fingerprint density at radius 2 is 1.54 bits per heavy atom. The van der Waals surface area contributed by atoms with Gasteiger partial charge in [0.25, 0.3) is 0 Å². The molecule has 2 aromatic rings. The second-order valence-electron chi connectivity index (χ2n) is 6.23. The highest BCUT2D eigenvalue weighted by molar-refractivity contribution is 7.90. The van der Waals surface area contributed by atoms with Gasteiger partial charge in [0.15, 0.2) is 6.29 Å². The summed E-state index contributed by atoms with van der Waals surface area (Å²) in [6.45, 7) is 1.26. The van der Waals surface area contributed by atoms with Gasteiger partial charge in [0, 0.05) is 17.7 Å². The minimum absolute atomic E-state index is 0.168.